The average Bonchev–Trinajstić information content (AvgIpc) is 3.00. The number of fused-ring (bicyclic) bond motifs is 1. The van der Waals surface area contributed by atoms with Gasteiger partial charge in [0.25, 0.3) is 17.4 Å². The Morgan fingerprint density at radius 1 is 1.00 bits per heavy atom. The number of carbonyl (C=O) groups is 4. The number of carbonyl (C=O) groups excluding carboxylic acids is 4. The van der Waals surface area contributed by atoms with Crippen molar-refractivity contribution in [2.75, 3.05) is 0 Å². The molecule has 1 aliphatic rings. The standard InChI is InChI=1S/C31H25F3N4O7/c1-18-36-24-12-7-20(16-35-26(40)21-8-10-22(11-9-21)45-31(32,33)34)15-23(24)27(41)38(18)30(14-13-25(39)37-28(30)42)29(43)44-17-19-5-3-2-4-6-19/h2-12,15H,13-14,16-17H2,1H3,(H,35,40)(H,37,39,42)/t30-/m0/s1. The molecule has 1 fully saturated rings. The Bertz CT molecular complexity index is 1860. The number of aromatic nitrogens is 2. The highest BCUT2D eigenvalue weighted by molar-refractivity contribution is 6.13. The van der Waals surface area contributed by atoms with Crippen LogP contribution in [0, 0.1) is 6.92 Å². The van der Waals surface area contributed by atoms with Crippen molar-refractivity contribution < 1.29 is 41.8 Å². The second kappa shape index (κ2) is 12.2. The monoisotopic (exact) mass is 622 g/mol. The maximum atomic E-state index is 14.0. The first-order valence-electron chi connectivity index (χ1n) is 13.6. The Morgan fingerprint density at radius 3 is 2.38 bits per heavy atom. The molecule has 4 aromatic rings. The van der Waals surface area contributed by atoms with Gasteiger partial charge in [0.05, 0.1) is 10.9 Å². The summed E-state index contributed by atoms with van der Waals surface area (Å²) in [7, 11) is 0. The number of aryl methyl sites for hydroxylation is 1. The number of esters is 1. The summed E-state index contributed by atoms with van der Waals surface area (Å²) in [4.78, 5) is 70.1. The van der Waals surface area contributed by atoms with Crippen LogP contribution >= 0.6 is 0 Å². The quantitative estimate of drug-likeness (QED) is 0.173. The molecule has 5 rings (SSSR count). The van der Waals surface area contributed by atoms with Crippen LogP contribution in [0.1, 0.15) is 40.2 Å². The minimum absolute atomic E-state index is 0.0286. The van der Waals surface area contributed by atoms with Gasteiger partial charge in [0.15, 0.2) is 0 Å². The summed E-state index contributed by atoms with van der Waals surface area (Å²) in [6.07, 6.45) is -5.43. The van der Waals surface area contributed by atoms with Gasteiger partial charge in [-0.25, -0.2) is 9.78 Å². The topological polar surface area (TPSA) is 146 Å². The van der Waals surface area contributed by atoms with Gasteiger partial charge >= 0.3 is 12.3 Å². The molecule has 11 nitrogen and oxygen atoms in total. The molecule has 1 aromatic heterocycles. The summed E-state index contributed by atoms with van der Waals surface area (Å²) in [5.74, 6) is -3.70. The van der Waals surface area contributed by atoms with Crippen LogP contribution in [0.2, 0.25) is 0 Å². The summed E-state index contributed by atoms with van der Waals surface area (Å²) >= 11 is 0. The lowest BCUT2D eigenvalue weighted by molar-refractivity contribution is -0.274. The van der Waals surface area contributed by atoms with Gasteiger partial charge in [-0.15, -0.1) is 13.2 Å². The summed E-state index contributed by atoms with van der Waals surface area (Å²) in [5.41, 5.74) is -1.54. The lowest BCUT2D eigenvalue weighted by Crippen LogP contribution is -2.62. The molecule has 14 heteroatoms. The number of ether oxygens (including phenoxy) is 2. The van der Waals surface area contributed by atoms with Crippen molar-refractivity contribution in [3.8, 4) is 5.75 Å². The highest BCUT2D eigenvalue weighted by Crippen LogP contribution is 2.30. The minimum Gasteiger partial charge on any atom is -0.459 e. The average molecular weight is 623 g/mol. The third kappa shape index (κ3) is 6.54. The molecule has 232 valence electrons. The number of rotatable bonds is 8. The normalized spacial score (nSPS) is 16.6. The Balaban J connectivity index is 1.43. The van der Waals surface area contributed by atoms with E-state index < -0.39 is 46.9 Å². The van der Waals surface area contributed by atoms with Crippen LogP contribution in [-0.2, 0) is 37.8 Å². The molecule has 0 aliphatic carbocycles. The minimum atomic E-state index is -4.87. The van der Waals surface area contributed by atoms with E-state index in [0.717, 1.165) is 16.7 Å². The van der Waals surface area contributed by atoms with Gasteiger partial charge in [0, 0.05) is 18.5 Å². The fraction of sp³-hybridized carbons (Fsp3) is 0.226. The van der Waals surface area contributed by atoms with Crippen LogP contribution in [0.5, 0.6) is 5.75 Å². The van der Waals surface area contributed by atoms with Crippen LogP contribution < -0.4 is 20.9 Å². The van der Waals surface area contributed by atoms with Gasteiger partial charge in [-0.2, -0.15) is 0 Å². The molecule has 0 bridgehead atoms. The molecule has 0 radical (unpaired) electrons. The predicted octanol–water partition coefficient (Wildman–Crippen LogP) is 3.41. The lowest BCUT2D eigenvalue weighted by atomic mass is 9.87. The molecular weight excluding hydrogens is 597 g/mol. The van der Waals surface area contributed by atoms with Gasteiger partial charge in [0.2, 0.25) is 11.4 Å². The van der Waals surface area contributed by atoms with E-state index in [1.165, 1.54) is 31.2 Å². The van der Waals surface area contributed by atoms with Crippen LogP contribution in [0.15, 0.2) is 77.6 Å². The summed E-state index contributed by atoms with van der Waals surface area (Å²) in [6, 6.07) is 17.6. The molecule has 0 saturated carbocycles. The fourth-order valence-electron chi connectivity index (χ4n) is 5.04. The number of hydrogen-bond acceptors (Lipinski definition) is 8. The number of benzene rings is 3. The van der Waals surface area contributed by atoms with E-state index >= 15 is 0 Å². The van der Waals surface area contributed by atoms with Gasteiger partial charge in [-0.05, 0) is 60.9 Å². The van der Waals surface area contributed by atoms with E-state index in [-0.39, 0.29) is 48.3 Å². The third-order valence-electron chi connectivity index (χ3n) is 7.18. The SMILES string of the molecule is Cc1nc2ccc(CNC(=O)c3ccc(OC(F)(F)F)cc3)cc2c(=O)n1[C@@]1(C(=O)OCc2ccccc2)CCC(=O)NC1=O. The molecule has 0 spiro atoms. The number of nitrogens with zero attached hydrogens (tertiary/aromatic N) is 2. The first kappa shape index (κ1) is 30.9. The summed E-state index contributed by atoms with van der Waals surface area (Å²) in [6.45, 7) is 1.19. The first-order chi connectivity index (χ1) is 21.4. The Kier molecular flexibility index (Phi) is 8.40. The van der Waals surface area contributed by atoms with Crippen LogP contribution in [0.4, 0.5) is 13.2 Å². The number of nitrogens with one attached hydrogen (secondary N) is 2. The summed E-state index contributed by atoms with van der Waals surface area (Å²) in [5, 5.41) is 4.80. The number of hydrogen-bond donors (Lipinski definition) is 2. The van der Waals surface area contributed by atoms with Gasteiger partial charge in [-0.3, -0.25) is 29.1 Å². The van der Waals surface area contributed by atoms with Gasteiger partial charge in [-0.1, -0.05) is 36.4 Å². The first-order valence-corrected chi connectivity index (χ1v) is 13.6. The Labute approximate surface area is 253 Å². The van der Waals surface area contributed by atoms with Crippen LogP contribution in [-0.4, -0.2) is 39.6 Å². The third-order valence-corrected chi connectivity index (χ3v) is 7.18. The number of amides is 3. The van der Waals surface area contributed by atoms with Crippen molar-refractivity contribution in [2.24, 2.45) is 0 Å². The fourth-order valence-corrected chi connectivity index (χ4v) is 5.04. The maximum absolute atomic E-state index is 14.0. The van der Waals surface area contributed by atoms with Gasteiger partial charge < -0.3 is 14.8 Å². The lowest BCUT2D eigenvalue weighted by Gasteiger charge is -2.35. The van der Waals surface area contributed by atoms with Crippen LogP contribution in [0.3, 0.4) is 0 Å². The molecular formula is C31H25F3N4O7. The van der Waals surface area contributed by atoms with Gasteiger partial charge in [0.1, 0.15) is 18.2 Å². The zero-order valence-corrected chi connectivity index (χ0v) is 23.6. The molecule has 45 heavy (non-hydrogen) atoms. The highest BCUT2D eigenvalue weighted by Gasteiger charge is 2.54. The predicted molar refractivity (Wildman–Crippen MR) is 152 cm³/mol. The highest BCUT2D eigenvalue weighted by atomic mass is 19.4. The maximum Gasteiger partial charge on any atom is 0.573 e. The molecule has 2 N–H and O–H groups in total. The molecule has 0 unspecified atom stereocenters. The van der Waals surface area contributed by atoms with E-state index in [9.17, 15) is 37.1 Å². The molecule has 1 atom stereocenters. The van der Waals surface area contributed by atoms with Crippen molar-refractivity contribution in [1.29, 1.82) is 0 Å². The zero-order chi connectivity index (χ0) is 32.4. The van der Waals surface area contributed by atoms with Crippen molar-refractivity contribution >= 4 is 34.6 Å². The number of alkyl halides is 3. The Morgan fingerprint density at radius 2 is 1.71 bits per heavy atom. The molecule has 1 aliphatic heterocycles. The molecule has 1 saturated heterocycles. The van der Waals surface area contributed by atoms with E-state index in [1.54, 1.807) is 36.4 Å². The van der Waals surface area contributed by atoms with E-state index in [1.807, 2.05) is 0 Å². The second-order valence-corrected chi connectivity index (χ2v) is 10.2. The van der Waals surface area contributed by atoms with Crippen molar-refractivity contribution in [3.05, 3.63) is 106 Å². The number of halogens is 3. The van der Waals surface area contributed by atoms with E-state index in [0.29, 0.717) is 11.1 Å². The van der Waals surface area contributed by atoms with Crippen molar-refractivity contribution in [2.45, 2.75) is 44.8 Å². The second-order valence-electron chi connectivity index (χ2n) is 10.2. The van der Waals surface area contributed by atoms with Crippen molar-refractivity contribution in [3.63, 3.8) is 0 Å². The number of piperidine rings is 1. The molecule has 3 amide bonds. The zero-order valence-electron chi connectivity index (χ0n) is 23.6. The van der Waals surface area contributed by atoms with Crippen molar-refractivity contribution in [1.82, 2.24) is 20.2 Å². The number of imide groups is 1. The Hall–Kier alpha value is -5.53. The smallest absolute Gasteiger partial charge is 0.459 e. The largest absolute Gasteiger partial charge is 0.573 e. The molecule has 2 heterocycles. The van der Waals surface area contributed by atoms with Crippen LogP contribution in [0.25, 0.3) is 10.9 Å². The van der Waals surface area contributed by atoms with E-state index in [2.05, 4.69) is 20.4 Å². The molecule has 3 aromatic carbocycles. The van der Waals surface area contributed by atoms with E-state index in [4.69, 9.17) is 4.74 Å². The summed E-state index contributed by atoms with van der Waals surface area (Å²) < 4.78 is 47.5.